The van der Waals surface area contributed by atoms with Gasteiger partial charge in [-0.3, -0.25) is 4.40 Å². The van der Waals surface area contributed by atoms with Crippen molar-refractivity contribution in [3.05, 3.63) is 57.9 Å². The van der Waals surface area contributed by atoms with Crippen molar-refractivity contribution in [3.8, 4) is 0 Å². The molecule has 0 aliphatic rings. The number of thiazole rings is 1. The number of hydrogen-bond acceptors (Lipinski definition) is 3. The number of aliphatic hydroxyl groups is 1. The predicted molar refractivity (Wildman–Crippen MR) is 82.4 cm³/mol. The molecule has 0 radical (unpaired) electrons. The molecule has 0 aliphatic heterocycles. The zero-order valence-electron chi connectivity index (χ0n) is 11.9. The topological polar surface area (TPSA) is 37.5 Å². The number of nitrogens with zero attached hydrogens (tertiary/aromatic N) is 2. The summed E-state index contributed by atoms with van der Waals surface area (Å²) < 4.78 is 2.00. The summed E-state index contributed by atoms with van der Waals surface area (Å²) in [6.45, 7) is 6.23. The Kier molecular flexibility index (Phi) is 3.36. The van der Waals surface area contributed by atoms with Crippen molar-refractivity contribution in [2.75, 3.05) is 0 Å². The molecule has 0 fully saturated rings. The minimum absolute atomic E-state index is 0.501. The highest BCUT2D eigenvalue weighted by molar-refractivity contribution is 7.15. The maximum atomic E-state index is 10.5. The quantitative estimate of drug-likeness (QED) is 0.799. The van der Waals surface area contributed by atoms with Crippen molar-refractivity contribution in [2.45, 2.75) is 33.3 Å². The highest BCUT2D eigenvalue weighted by Crippen LogP contribution is 2.25. The van der Waals surface area contributed by atoms with Gasteiger partial charge >= 0.3 is 0 Å². The van der Waals surface area contributed by atoms with E-state index in [1.165, 1.54) is 11.1 Å². The van der Waals surface area contributed by atoms with E-state index in [2.05, 4.69) is 37.9 Å². The molecule has 0 amide bonds. The summed E-state index contributed by atoms with van der Waals surface area (Å²) in [6.07, 6.45) is 4.03. The fraction of sp³-hybridized carbons (Fsp3) is 0.312. The highest BCUT2D eigenvalue weighted by atomic mass is 32.1. The van der Waals surface area contributed by atoms with Crippen LogP contribution in [0.15, 0.2) is 29.9 Å². The minimum Gasteiger partial charge on any atom is -0.388 e. The smallest absolute Gasteiger partial charge is 0.193 e. The van der Waals surface area contributed by atoms with Crippen molar-refractivity contribution < 1.29 is 5.11 Å². The molecule has 2 heterocycles. The lowest BCUT2D eigenvalue weighted by atomic mass is 9.95. The van der Waals surface area contributed by atoms with Gasteiger partial charge in [0.1, 0.15) is 0 Å². The van der Waals surface area contributed by atoms with E-state index >= 15 is 0 Å². The SMILES string of the molecule is Cc1cc(C)c(C(O)Cc2cn3ccsc3n2)cc1C. The van der Waals surface area contributed by atoms with Crippen LogP contribution in [0.4, 0.5) is 0 Å². The third kappa shape index (κ3) is 2.37. The Morgan fingerprint density at radius 2 is 1.95 bits per heavy atom. The van der Waals surface area contributed by atoms with Gasteiger partial charge in [0, 0.05) is 24.2 Å². The van der Waals surface area contributed by atoms with Crippen LogP contribution < -0.4 is 0 Å². The lowest BCUT2D eigenvalue weighted by Crippen LogP contribution is -2.05. The first-order chi connectivity index (χ1) is 9.54. The first kappa shape index (κ1) is 13.3. The van der Waals surface area contributed by atoms with Crippen LogP contribution in [0.5, 0.6) is 0 Å². The normalized spacial score (nSPS) is 13.0. The van der Waals surface area contributed by atoms with Gasteiger partial charge in [-0.15, -0.1) is 11.3 Å². The Hall–Kier alpha value is -1.65. The van der Waals surface area contributed by atoms with Gasteiger partial charge in [-0.1, -0.05) is 12.1 Å². The second kappa shape index (κ2) is 5.04. The molecule has 1 atom stereocenters. The maximum absolute atomic E-state index is 10.5. The van der Waals surface area contributed by atoms with Crippen LogP contribution >= 0.6 is 11.3 Å². The molecule has 0 saturated heterocycles. The lowest BCUT2D eigenvalue weighted by Gasteiger charge is -2.15. The Balaban J connectivity index is 1.87. The van der Waals surface area contributed by atoms with E-state index in [9.17, 15) is 5.11 Å². The summed E-state index contributed by atoms with van der Waals surface area (Å²) >= 11 is 1.61. The molecular weight excluding hydrogens is 268 g/mol. The third-order valence-corrected chi connectivity index (χ3v) is 4.56. The van der Waals surface area contributed by atoms with Gasteiger partial charge in [-0.2, -0.15) is 0 Å². The van der Waals surface area contributed by atoms with Crippen molar-refractivity contribution in [2.24, 2.45) is 0 Å². The molecule has 1 N–H and O–H groups in total. The fourth-order valence-corrected chi connectivity index (χ4v) is 3.24. The van der Waals surface area contributed by atoms with E-state index in [0.717, 1.165) is 21.8 Å². The van der Waals surface area contributed by atoms with Gasteiger partial charge in [0.25, 0.3) is 0 Å². The van der Waals surface area contributed by atoms with Crippen molar-refractivity contribution >= 4 is 16.3 Å². The Bertz CT molecular complexity index is 729. The first-order valence-electron chi connectivity index (χ1n) is 6.71. The van der Waals surface area contributed by atoms with E-state index < -0.39 is 6.10 Å². The second-order valence-electron chi connectivity index (χ2n) is 5.34. The fourth-order valence-electron chi connectivity index (χ4n) is 2.52. The molecule has 20 heavy (non-hydrogen) atoms. The molecule has 0 aliphatic carbocycles. The van der Waals surface area contributed by atoms with Gasteiger partial charge in [-0.25, -0.2) is 4.98 Å². The van der Waals surface area contributed by atoms with Crippen molar-refractivity contribution in [1.29, 1.82) is 0 Å². The van der Waals surface area contributed by atoms with E-state index in [0.29, 0.717) is 6.42 Å². The van der Waals surface area contributed by atoms with Gasteiger partial charge in [0.2, 0.25) is 0 Å². The molecule has 4 heteroatoms. The molecule has 2 aromatic heterocycles. The van der Waals surface area contributed by atoms with E-state index in [4.69, 9.17) is 0 Å². The van der Waals surface area contributed by atoms with E-state index in [1.807, 2.05) is 22.2 Å². The largest absolute Gasteiger partial charge is 0.388 e. The molecule has 0 saturated carbocycles. The molecular formula is C16H18N2OS. The van der Waals surface area contributed by atoms with Gasteiger partial charge in [-0.05, 0) is 43.0 Å². The number of benzene rings is 1. The summed E-state index contributed by atoms with van der Waals surface area (Å²) in [7, 11) is 0. The van der Waals surface area contributed by atoms with Crippen LogP contribution in [0.1, 0.15) is 34.1 Å². The number of aromatic nitrogens is 2. The number of fused-ring (bicyclic) bond motifs is 1. The Morgan fingerprint density at radius 3 is 2.70 bits per heavy atom. The number of hydrogen-bond donors (Lipinski definition) is 1. The minimum atomic E-state index is -0.501. The van der Waals surface area contributed by atoms with Gasteiger partial charge < -0.3 is 5.11 Å². The molecule has 1 unspecified atom stereocenters. The van der Waals surface area contributed by atoms with Gasteiger partial charge in [0.05, 0.1) is 11.8 Å². The molecule has 3 nitrogen and oxygen atoms in total. The molecule has 3 rings (SSSR count). The van der Waals surface area contributed by atoms with Crippen LogP contribution in [-0.4, -0.2) is 14.5 Å². The predicted octanol–water partition coefficient (Wildman–Crippen LogP) is 3.60. The van der Waals surface area contributed by atoms with Crippen molar-refractivity contribution in [3.63, 3.8) is 0 Å². The molecule has 0 bridgehead atoms. The Morgan fingerprint density at radius 1 is 1.20 bits per heavy atom. The Labute approximate surface area is 122 Å². The number of imidazole rings is 1. The summed E-state index contributed by atoms with van der Waals surface area (Å²) in [6, 6.07) is 4.23. The monoisotopic (exact) mass is 286 g/mol. The van der Waals surface area contributed by atoms with Crippen LogP contribution in [0.3, 0.4) is 0 Å². The molecule has 104 valence electrons. The highest BCUT2D eigenvalue weighted by Gasteiger charge is 2.14. The summed E-state index contributed by atoms with van der Waals surface area (Å²) in [5, 5.41) is 12.5. The number of aliphatic hydroxyl groups excluding tert-OH is 1. The lowest BCUT2D eigenvalue weighted by molar-refractivity contribution is 0.176. The van der Waals surface area contributed by atoms with Crippen molar-refractivity contribution in [1.82, 2.24) is 9.38 Å². The number of aryl methyl sites for hydroxylation is 3. The van der Waals surface area contributed by atoms with Crippen LogP contribution in [0.2, 0.25) is 0 Å². The molecule has 3 aromatic rings. The summed E-state index contributed by atoms with van der Waals surface area (Å²) in [5.74, 6) is 0. The standard InChI is InChI=1S/C16H18N2OS/c1-10-6-12(3)14(7-11(10)2)15(19)8-13-9-18-4-5-20-16(18)17-13/h4-7,9,15,19H,8H2,1-3H3. The van der Waals surface area contributed by atoms with Crippen LogP contribution in [-0.2, 0) is 6.42 Å². The number of rotatable bonds is 3. The van der Waals surface area contributed by atoms with E-state index in [-0.39, 0.29) is 0 Å². The molecule has 1 aromatic carbocycles. The summed E-state index contributed by atoms with van der Waals surface area (Å²) in [5.41, 5.74) is 5.56. The van der Waals surface area contributed by atoms with Gasteiger partial charge in [0.15, 0.2) is 4.96 Å². The second-order valence-corrected chi connectivity index (χ2v) is 6.21. The third-order valence-electron chi connectivity index (χ3n) is 3.79. The average Bonchev–Trinajstić information content (AvgIpc) is 2.94. The molecule has 0 spiro atoms. The van der Waals surface area contributed by atoms with Crippen LogP contribution in [0, 0.1) is 20.8 Å². The maximum Gasteiger partial charge on any atom is 0.193 e. The zero-order valence-corrected chi connectivity index (χ0v) is 12.7. The van der Waals surface area contributed by atoms with E-state index in [1.54, 1.807) is 11.3 Å². The summed E-state index contributed by atoms with van der Waals surface area (Å²) in [4.78, 5) is 5.51. The van der Waals surface area contributed by atoms with Crippen LogP contribution in [0.25, 0.3) is 4.96 Å². The first-order valence-corrected chi connectivity index (χ1v) is 7.59. The average molecular weight is 286 g/mol. The zero-order chi connectivity index (χ0) is 14.3.